The predicted molar refractivity (Wildman–Crippen MR) is 83.1 cm³/mol. The Balaban J connectivity index is 5.29. The zero-order valence-corrected chi connectivity index (χ0v) is 15.0. The van der Waals surface area contributed by atoms with Crippen molar-refractivity contribution in [3.05, 3.63) is 11.5 Å². The van der Waals surface area contributed by atoms with Crippen molar-refractivity contribution in [2.45, 2.75) is 54.1 Å². The number of rotatable bonds is 7. The molecular formula is C14H28NO5P. The minimum absolute atomic E-state index is 0.0594. The van der Waals surface area contributed by atoms with E-state index in [1.807, 2.05) is 13.8 Å². The van der Waals surface area contributed by atoms with Crippen LogP contribution in [0, 0.1) is 5.92 Å². The van der Waals surface area contributed by atoms with Gasteiger partial charge >= 0.3 is 13.7 Å². The molecule has 0 atom stereocenters. The molecule has 0 bridgehead atoms. The number of hydrogen-bond acceptors (Lipinski definition) is 5. The fourth-order valence-corrected chi connectivity index (χ4v) is 3.18. The smallest absolute Gasteiger partial charge is 0.412 e. The van der Waals surface area contributed by atoms with E-state index >= 15 is 0 Å². The molecule has 0 saturated carbocycles. The first-order valence-electron chi connectivity index (χ1n) is 7.15. The molecule has 7 heteroatoms. The van der Waals surface area contributed by atoms with Crippen LogP contribution >= 0.6 is 7.60 Å². The quantitative estimate of drug-likeness (QED) is 0.709. The Bertz CT molecular complexity index is 402. The molecule has 0 unspecified atom stereocenters. The third-order valence-corrected chi connectivity index (χ3v) is 4.06. The van der Waals surface area contributed by atoms with E-state index < -0.39 is 19.3 Å². The minimum atomic E-state index is -3.55. The number of alkyl carbamates (subject to hydrolysis) is 1. The van der Waals surface area contributed by atoms with Crippen LogP contribution in [0.3, 0.4) is 0 Å². The van der Waals surface area contributed by atoms with Crippen LogP contribution in [0.1, 0.15) is 48.5 Å². The molecule has 0 saturated heterocycles. The first-order valence-corrected chi connectivity index (χ1v) is 8.69. The fraction of sp³-hybridized carbons (Fsp3) is 0.786. The lowest BCUT2D eigenvalue weighted by molar-refractivity contribution is 0.0545. The second-order valence-electron chi connectivity index (χ2n) is 5.76. The molecule has 21 heavy (non-hydrogen) atoms. The van der Waals surface area contributed by atoms with E-state index in [4.69, 9.17) is 13.8 Å². The number of allylic oxidation sites excluding steroid dienone is 1. The van der Waals surface area contributed by atoms with Crippen molar-refractivity contribution in [1.82, 2.24) is 5.32 Å². The van der Waals surface area contributed by atoms with E-state index in [1.165, 1.54) is 0 Å². The summed E-state index contributed by atoms with van der Waals surface area (Å²) >= 11 is 0. The van der Waals surface area contributed by atoms with Crippen molar-refractivity contribution >= 4 is 13.7 Å². The van der Waals surface area contributed by atoms with Crippen molar-refractivity contribution in [2.24, 2.45) is 5.92 Å². The largest absolute Gasteiger partial charge is 0.444 e. The van der Waals surface area contributed by atoms with Gasteiger partial charge in [0.05, 0.1) is 13.2 Å². The molecule has 6 nitrogen and oxygen atoms in total. The van der Waals surface area contributed by atoms with Gasteiger partial charge in [0.2, 0.25) is 0 Å². The molecule has 0 aliphatic carbocycles. The Morgan fingerprint density at radius 1 is 1.19 bits per heavy atom. The lowest BCUT2D eigenvalue weighted by Gasteiger charge is -2.24. The summed E-state index contributed by atoms with van der Waals surface area (Å²) in [6.07, 6.45) is 0.963. The summed E-state index contributed by atoms with van der Waals surface area (Å²) in [5.41, 5.74) is -0.524. The van der Waals surface area contributed by atoms with Crippen LogP contribution in [-0.2, 0) is 18.3 Å². The molecule has 0 aromatic carbocycles. The molecular weight excluding hydrogens is 293 g/mol. The fourth-order valence-electron chi connectivity index (χ4n) is 1.44. The molecule has 0 radical (unpaired) electrons. The van der Waals surface area contributed by atoms with Gasteiger partial charge in [-0.3, -0.25) is 9.88 Å². The number of amides is 1. The summed E-state index contributed by atoms with van der Waals surface area (Å²) in [4.78, 5) is 11.9. The van der Waals surface area contributed by atoms with E-state index in [9.17, 15) is 9.36 Å². The Kier molecular flexibility index (Phi) is 8.22. The summed E-state index contributed by atoms with van der Waals surface area (Å²) in [5.74, 6) is 0.0594. The highest BCUT2D eigenvalue weighted by molar-refractivity contribution is 7.58. The standard InChI is InChI=1S/C14H28NO5P/c1-8-18-21(17,19-9-2)12(10-11(3)4)15-13(16)20-14(5,6)7/h10-11H,8-9H2,1-7H3,(H,15,16)/b12-10-. The molecule has 1 amide bonds. The molecule has 124 valence electrons. The number of carbonyl (C=O) groups excluding carboxylic acids is 1. The maximum atomic E-state index is 12.8. The molecule has 0 aromatic rings. The number of hydrogen-bond donors (Lipinski definition) is 1. The molecule has 0 aliphatic rings. The van der Waals surface area contributed by atoms with Crippen LogP contribution in [0.15, 0.2) is 11.5 Å². The lowest BCUT2D eigenvalue weighted by atomic mass is 10.2. The zero-order chi connectivity index (χ0) is 16.7. The summed E-state index contributed by atoms with van der Waals surface area (Å²) in [6.45, 7) is 12.9. The van der Waals surface area contributed by atoms with E-state index in [-0.39, 0.29) is 24.6 Å². The topological polar surface area (TPSA) is 73.9 Å². The van der Waals surface area contributed by atoms with Gasteiger partial charge in [0.15, 0.2) is 0 Å². The number of nitrogens with one attached hydrogen (secondary N) is 1. The van der Waals surface area contributed by atoms with Gasteiger partial charge in [0, 0.05) is 0 Å². The Hall–Kier alpha value is -0.840. The summed E-state index contributed by atoms with van der Waals surface area (Å²) in [7, 11) is -3.55. The van der Waals surface area contributed by atoms with E-state index in [0.29, 0.717) is 0 Å². The van der Waals surface area contributed by atoms with Gasteiger partial charge < -0.3 is 13.8 Å². The molecule has 0 spiro atoms. The van der Waals surface area contributed by atoms with Crippen molar-refractivity contribution in [3.63, 3.8) is 0 Å². The average molecular weight is 321 g/mol. The van der Waals surface area contributed by atoms with Crippen molar-refractivity contribution < 1.29 is 23.1 Å². The van der Waals surface area contributed by atoms with Crippen molar-refractivity contribution in [3.8, 4) is 0 Å². The SMILES string of the molecule is CCOP(=O)(OCC)/C(=C\C(C)C)NC(=O)OC(C)(C)C. The summed E-state index contributed by atoms with van der Waals surface area (Å²) in [6, 6.07) is 0. The van der Waals surface area contributed by atoms with Crippen LogP contribution in [0.2, 0.25) is 0 Å². The van der Waals surface area contributed by atoms with Crippen LogP contribution in [0.4, 0.5) is 4.79 Å². The van der Waals surface area contributed by atoms with Crippen molar-refractivity contribution in [1.29, 1.82) is 0 Å². The third-order valence-electron chi connectivity index (χ3n) is 2.01. The van der Waals surface area contributed by atoms with Gasteiger partial charge in [-0.1, -0.05) is 13.8 Å². The van der Waals surface area contributed by atoms with Gasteiger partial charge in [-0.25, -0.2) is 4.79 Å². The number of ether oxygens (including phenoxy) is 1. The van der Waals surface area contributed by atoms with Gasteiger partial charge in [-0.15, -0.1) is 0 Å². The van der Waals surface area contributed by atoms with E-state index in [1.54, 1.807) is 40.7 Å². The first-order chi connectivity index (χ1) is 9.54. The molecule has 1 N–H and O–H groups in total. The summed E-state index contributed by atoms with van der Waals surface area (Å²) in [5, 5.41) is 2.50. The highest BCUT2D eigenvalue weighted by Crippen LogP contribution is 2.55. The maximum Gasteiger partial charge on any atom is 0.412 e. The van der Waals surface area contributed by atoms with Crippen molar-refractivity contribution in [2.75, 3.05) is 13.2 Å². The molecule has 0 aliphatic heterocycles. The van der Waals surface area contributed by atoms with Gasteiger partial charge in [0.1, 0.15) is 11.0 Å². The summed E-state index contributed by atoms with van der Waals surface area (Å²) < 4.78 is 28.5. The average Bonchev–Trinajstić information content (AvgIpc) is 2.25. The van der Waals surface area contributed by atoms with Gasteiger partial charge in [-0.05, 0) is 46.6 Å². The Morgan fingerprint density at radius 2 is 1.67 bits per heavy atom. The van der Waals surface area contributed by atoms with Gasteiger partial charge in [-0.2, -0.15) is 0 Å². The first kappa shape index (κ1) is 20.2. The Labute approximate surface area is 127 Å². The third kappa shape index (κ3) is 8.24. The zero-order valence-electron chi connectivity index (χ0n) is 14.1. The number of carbonyl (C=O) groups is 1. The van der Waals surface area contributed by atoms with Crippen LogP contribution in [0.5, 0.6) is 0 Å². The molecule has 0 heterocycles. The minimum Gasteiger partial charge on any atom is -0.444 e. The second-order valence-corrected chi connectivity index (χ2v) is 7.75. The predicted octanol–water partition coefficient (Wildman–Crippen LogP) is 4.27. The van der Waals surface area contributed by atoms with Crippen LogP contribution in [0.25, 0.3) is 0 Å². The molecule has 0 aromatic heterocycles. The molecule has 0 fully saturated rings. The lowest BCUT2D eigenvalue weighted by Crippen LogP contribution is -2.32. The highest BCUT2D eigenvalue weighted by Gasteiger charge is 2.32. The normalized spacial score (nSPS) is 13.4. The van der Waals surface area contributed by atoms with E-state index in [0.717, 1.165) is 0 Å². The van der Waals surface area contributed by atoms with Gasteiger partial charge in [0.25, 0.3) is 0 Å². The van der Waals surface area contributed by atoms with Crippen LogP contribution < -0.4 is 5.32 Å². The van der Waals surface area contributed by atoms with Crippen LogP contribution in [-0.4, -0.2) is 24.9 Å². The monoisotopic (exact) mass is 321 g/mol. The van der Waals surface area contributed by atoms with E-state index in [2.05, 4.69) is 5.32 Å². The maximum absolute atomic E-state index is 12.8. The highest BCUT2D eigenvalue weighted by atomic mass is 31.2. The second kappa shape index (κ2) is 8.57. The molecule has 0 rings (SSSR count). The Morgan fingerprint density at radius 3 is 2.00 bits per heavy atom.